The summed E-state index contributed by atoms with van der Waals surface area (Å²) in [5.41, 5.74) is 5.23. The van der Waals surface area contributed by atoms with Gasteiger partial charge in [0.15, 0.2) is 0 Å². The summed E-state index contributed by atoms with van der Waals surface area (Å²) >= 11 is 0. The molecule has 0 aromatic rings. The largest absolute Gasteiger partial charge is 0.322 e. The molecule has 0 aromatic heterocycles. The van der Waals surface area contributed by atoms with E-state index in [1.807, 2.05) is 6.92 Å². The topological polar surface area (TPSA) is 69.2 Å². The van der Waals surface area contributed by atoms with Gasteiger partial charge < -0.3 is 5.73 Å². The second-order valence-corrected chi connectivity index (χ2v) is 1.68. The Kier molecular flexibility index (Phi) is 3.10. The molecule has 0 saturated carbocycles. The Labute approximate surface area is 47.8 Å². The van der Waals surface area contributed by atoms with E-state index < -0.39 is 4.92 Å². The van der Waals surface area contributed by atoms with Gasteiger partial charge in [-0.15, -0.1) is 0 Å². The van der Waals surface area contributed by atoms with Crippen molar-refractivity contribution in [3.63, 3.8) is 0 Å². The number of hydrogen-bond donors (Lipinski definition) is 1. The van der Waals surface area contributed by atoms with Gasteiger partial charge in [-0.05, 0) is 6.42 Å². The van der Waals surface area contributed by atoms with Crippen molar-refractivity contribution in [1.29, 1.82) is 0 Å². The van der Waals surface area contributed by atoms with Crippen LogP contribution in [0.5, 0.6) is 0 Å². The van der Waals surface area contributed by atoms with Crippen molar-refractivity contribution in [1.82, 2.24) is 0 Å². The minimum atomic E-state index is -0.395. The predicted octanol–water partition coefficient (Wildman–Crippen LogP) is 0.000400. The van der Waals surface area contributed by atoms with Gasteiger partial charge in [-0.3, -0.25) is 10.1 Å². The summed E-state index contributed by atoms with van der Waals surface area (Å²) in [5, 5.41) is 9.69. The zero-order chi connectivity index (χ0) is 6.57. The van der Waals surface area contributed by atoms with Crippen LogP contribution < -0.4 is 5.73 Å². The molecule has 1 atom stereocenters. The van der Waals surface area contributed by atoms with Crippen molar-refractivity contribution < 1.29 is 4.92 Å². The molecule has 48 valence electrons. The fourth-order valence-corrected chi connectivity index (χ4v) is 0.321. The molecule has 0 amide bonds. The SMILES string of the molecule is CCC(N)C[N+](=O)[O-]. The van der Waals surface area contributed by atoms with Gasteiger partial charge >= 0.3 is 0 Å². The Hall–Kier alpha value is -0.640. The summed E-state index contributed by atoms with van der Waals surface area (Å²) in [6.07, 6.45) is 0.668. The third-order valence-electron chi connectivity index (χ3n) is 0.908. The number of hydrogen-bond acceptors (Lipinski definition) is 3. The second kappa shape index (κ2) is 3.37. The van der Waals surface area contributed by atoms with Gasteiger partial charge in [0.25, 0.3) is 0 Å². The van der Waals surface area contributed by atoms with Gasteiger partial charge in [0, 0.05) is 4.92 Å². The van der Waals surface area contributed by atoms with Gasteiger partial charge in [0.05, 0.1) is 6.04 Å². The van der Waals surface area contributed by atoms with Crippen LogP contribution in [0.3, 0.4) is 0 Å². The van der Waals surface area contributed by atoms with Crippen LogP contribution in [-0.2, 0) is 0 Å². The summed E-state index contributed by atoms with van der Waals surface area (Å²) in [6.45, 7) is 1.71. The van der Waals surface area contributed by atoms with Crippen LogP contribution in [0, 0.1) is 10.1 Å². The molecular weight excluding hydrogens is 108 g/mol. The summed E-state index contributed by atoms with van der Waals surface area (Å²) in [6, 6.07) is -0.273. The normalized spacial score (nSPS) is 13.2. The van der Waals surface area contributed by atoms with Crippen molar-refractivity contribution >= 4 is 0 Å². The lowest BCUT2D eigenvalue weighted by molar-refractivity contribution is -0.482. The van der Waals surface area contributed by atoms with Crippen LogP contribution in [0.25, 0.3) is 0 Å². The predicted molar refractivity (Wildman–Crippen MR) is 30.1 cm³/mol. The summed E-state index contributed by atoms with van der Waals surface area (Å²) in [5.74, 6) is 0. The monoisotopic (exact) mass is 118 g/mol. The molecule has 0 rings (SSSR count). The van der Waals surface area contributed by atoms with E-state index in [0.29, 0.717) is 6.42 Å². The lowest BCUT2D eigenvalue weighted by atomic mass is 10.2. The van der Waals surface area contributed by atoms with Gasteiger partial charge in [-0.2, -0.15) is 0 Å². The molecule has 1 unspecified atom stereocenters. The molecule has 0 aromatic carbocycles. The first-order valence-corrected chi connectivity index (χ1v) is 2.54. The molecule has 0 fully saturated rings. The Morgan fingerprint density at radius 3 is 2.50 bits per heavy atom. The highest BCUT2D eigenvalue weighted by Crippen LogP contribution is 1.84. The van der Waals surface area contributed by atoms with Gasteiger partial charge in [-0.25, -0.2) is 0 Å². The summed E-state index contributed by atoms with van der Waals surface area (Å²) < 4.78 is 0. The molecule has 4 heteroatoms. The molecule has 0 spiro atoms. The zero-order valence-electron chi connectivity index (χ0n) is 4.83. The average Bonchev–Trinajstić information content (AvgIpc) is 1.65. The summed E-state index contributed by atoms with van der Waals surface area (Å²) in [4.78, 5) is 9.30. The Balaban J connectivity index is 3.24. The van der Waals surface area contributed by atoms with E-state index in [9.17, 15) is 10.1 Å². The quantitative estimate of drug-likeness (QED) is 0.419. The van der Waals surface area contributed by atoms with E-state index in [4.69, 9.17) is 5.73 Å². The maximum absolute atomic E-state index is 9.69. The molecule has 0 aliphatic rings. The molecule has 0 aliphatic carbocycles. The number of nitrogens with two attached hydrogens (primary N) is 1. The van der Waals surface area contributed by atoms with E-state index in [1.165, 1.54) is 0 Å². The molecule has 0 heterocycles. The van der Waals surface area contributed by atoms with Crippen LogP contribution in [-0.4, -0.2) is 17.5 Å². The van der Waals surface area contributed by atoms with Gasteiger partial charge in [-0.1, -0.05) is 6.92 Å². The Morgan fingerprint density at radius 1 is 1.88 bits per heavy atom. The summed E-state index contributed by atoms with van der Waals surface area (Å²) in [7, 11) is 0. The smallest absolute Gasteiger partial charge is 0.218 e. The molecular formula is C4H10N2O2. The highest BCUT2D eigenvalue weighted by atomic mass is 16.6. The first-order valence-electron chi connectivity index (χ1n) is 2.54. The fraction of sp³-hybridized carbons (Fsp3) is 1.00. The molecule has 0 bridgehead atoms. The first-order chi connectivity index (χ1) is 3.66. The van der Waals surface area contributed by atoms with Crippen LogP contribution in [0.2, 0.25) is 0 Å². The molecule has 8 heavy (non-hydrogen) atoms. The van der Waals surface area contributed by atoms with Crippen molar-refractivity contribution in [2.24, 2.45) is 5.73 Å². The second-order valence-electron chi connectivity index (χ2n) is 1.68. The molecule has 0 saturated heterocycles. The number of nitro groups is 1. The lowest BCUT2D eigenvalue weighted by Gasteiger charge is -1.98. The molecule has 2 N–H and O–H groups in total. The maximum atomic E-state index is 9.69. The van der Waals surface area contributed by atoms with Crippen LogP contribution >= 0.6 is 0 Å². The molecule has 0 aliphatic heterocycles. The highest BCUT2D eigenvalue weighted by molar-refractivity contribution is 4.53. The Bertz CT molecular complexity index is 84.1. The molecule has 0 radical (unpaired) electrons. The highest BCUT2D eigenvalue weighted by Gasteiger charge is 2.04. The molecule has 4 nitrogen and oxygen atoms in total. The van der Waals surface area contributed by atoms with E-state index in [0.717, 1.165) is 0 Å². The van der Waals surface area contributed by atoms with E-state index in [1.54, 1.807) is 0 Å². The number of nitrogens with zero attached hydrogens (tertiary/aromatic N) is 1. The van der Waals surface area contributed by atoms with Crippen LogP contribution in [0.1, 0.15) is 13.3 Å². The van der Waals surface area contributed by atoms with E-state index in [-0.39, 0.29) is 12.6 Å². The van der Waals surface area contributed by atoms with Gasteiger partial charge in [0.2, 0.25) is 6.54 Å². The van der Waals surface area contributed by atoms with Crippen molar-refractivity contribution in [2.75, 3.05) is 6.54 Å². The third kappa shape index (κ3) is 3.55. The maximum Gasteiger partial charge on any atom is 0.218 e. The Morgan fingerprint density at radius 2 is 2.38 bits per heavy atom. The van der Waals surface area contributed by atoms with Crippen molar-refractivity contribution in [3.8, 4) is 0 Å². The van der Waals surface area contributed by atoms with E-state index >= 15 is 0 Å². The first kappa shape index (κ1) is 7.36. The minimum absolute atomic E-state index is 0.115. The van der Waals surface area contributed by atoms with E-state index in [2.05, 4.69) is 0 Å². The minimum Gasteiger partial charge on any atom is -0.322 e. The van der Waals surface area contributed by atoms with Crippen LogP contribution in [0.4, 0.5) is 0 Å². The van der Waals surface area contributed by atoms with Gasteiger partial charge in [0.1, 0.15) is 0 Å². The zero-order valence-corrected chi connectivity index (χ0v) is 4.83. The standard InChI is InChI=1S/C4H10N2O2/c1-2-4(5)3-6(7)8/h4H,2-3,5H2,1H3. The average molecular weight is 118 g/mol. The third-order valence-corrected chi connectivity index (χ3v) is 0.908. The lowest BCUT2D eigenvalue weighted by Crippen LogP contribution is -2.27. The van der Waals surface area contributed by atoms with Crippen molar-refractivity contribution in [2.45, 2.75) is 19.4 Å². The number of rotatable bonds is 3. The fourth-order valence-electron chi connectivity index (χ4n) is 0.321. The van der Waals surface area contributed by atoms with Crippen LogP contribution in [0.15, 0.2) is 0 Å². The van der Waals surface area contributed by atoms with Crippen molar-refractivity contribution in [3.05, 3.63) is 10.1 Å².